The number of thiazole rings is 1. The largest absolute Gasteiger partial charge is 0.388 e. The zero-order valence-corrected chi connectivity index (χ0v) is 9.37. The predicted octanol–water partition coefficient (Wildman–Crippen LogP) is 2.73. The Morgan fingerprint density at radius 1 is 1.33 bits per heavy atom. The molecular weight excluding hydrogens is 206 g/mol. The average Bonchev–Trinajstić information content (AvgIpc) is 2.65. The highest BCUT2D eigenvalue weighted by atomic mass is 32.1. The first-order valence-corrected chi connectivity index (χ1v) is 5.77. The lowest BCUT2D eigenvalue weighted by atomic mass is 10.1. The van der Waals surface area contributed by atoms with Crippen molar-refractivity contribution < 1.29 is 5.11 Å². The fourth-order valence-corrected chi connectivity index (χ4v) is 2.26. The predicted molar refractivity (Wildman–Crippen MR) is 62.0 cm³/mol. The maximum atomic E-state index is 9.95. The monoisotopic (exact) mass is 219 g/mol. The van der Waals surface area contributed by atoms with Crippen molar-refractivity contribution in [1.82, 2.24) is 4.98 Å². The molecule has 0 spiro atoms. The van der Waals surface area contributed by atoms with E-state index in [0.717, 1.165) is 16.3 Å². The highest BCUT2D eigenvalue weighted by Crippen LogP contribution is 2.20. The van der Waals surface area contributed by atoms with Crippen molar-refractivity contribution in [2.75, 3.05) is 0 Å². The molecule has 0 aliphatic carbocycles. The number of aliphatic hydroxyl groups excluding tert-OH is 1. The summed E-state index contributed by atoms with van der Waals surface area (Å²) in [5, 5.41) is 12.9. The third-order valence-corrected chi connectivity index (χ3v) is 3.21. The minimum absolute atomic E-state index is 0.447. The lowest BCUT2D eigenvalue weighted by Crippen LogP contribution is -2.01. The molecule has 2 rings (SSSR count). The fourth-order valence-electron chi connectivity index (χ4n) is 1.45. The molecule has 2 nitrogen and oxygen atoms in total. The van der Waals surface area contributed by atoms with Crippen LogP contribution in [0.5, 0.6) is 0 Å². The van der Waals surface area contributed by atoms with Crippen molar-refractivity contribution in [2.45, 2.75) is 19.4 Å². The summed E-state index contributed by atoms with van der Waals surface area (Å²) in [5.74, 6) is 0. The topological polar surface area (TPSA) is 33.1 Å². The Morgan fingerprint density at radius 3 is 2.67 bits per heavy atom. The van der Waals surface area contributed by atoms with Gasteiger partial charge in [0.15, 0.2) is 0 Å². The van der Waals surface area contributed by atoms with E-state index in [1.807, 2.05) is 42.6 Å². The summed E-state index contributed by atoms with van der Waals surface area (Å²) in [5.41, 5.74) is 1.97. The third-order valence-electron chi connectivity index (χ3n) is 2.22. The average molecular weight is 219 g/mol. The first kappa shape index (κ1) is 10.3. The molecule has 1 unspecified atom stereocenters. The quantitative estimate of drug-likeness (QED) is 0.861. The summed E-state index contributed by atoms with van der Waals surface area (Å²) < 4.78 is 0. The lowest BCUT2D eigenvalue weighted by Gasteiger charge is -2.08. The van der Waals surface area contributed by atoms with Gasteiger partial charge in [0.1, 0.15) is 0 Å². The minimum Gasteiger partial charge on any atom is -0.388 e. The molecule has 1 aromatic heterocycles. The zero-order valence-electron chi connectivity index (χ0n) is 8.55. The van der Waals surface area contributed by atoms with Gasteiger partial charge in [-0.3, -0.25) is 0 Å². The molecule has 0 bridgehead atoms. The van der Waals surface area contributed by atoms with E-state index in [2.05, 4.69) is 4.98 Å². The summed E-state index contributed by atoms with van der Waals surface area (Å²) in [6.07, 6.45) is 0.152. The van der Waals surface area contributed by atoms with Gasteiger partial charge in [-0.2, -0.15) is 0 Å². The van der Waals surface area contributed by atoms with Crippen molar-refractivity contribution in [3.05, 3.63) is 52.0 Å². The Hall–Kier alpha value is -1.19. The number of benzene rings is 1. The smallest absolute Gasteiger partial charge is 0.0957 e. The van der Waals surface area contributed by atoms with Gasteiger partial charge in [0.05, 0.1) is 11.1 Å². The van der Waals surface area contributed by atoms with Gasteiger partial charge >= 0.3 is 0 Å². The van der Waals surface area contributed by atoms with Crippen LogP contribution in [0.1, 0.15) is 22.4 Å². The second kappa shape index (κ2) is 4.55. The molecule has 78 valence electrons. The van der Waals surface area contributed by atoms with Crippen molar-refractivity contribution in [3.8, 4) is 0 Å². The summed E-state index contributed by atoms with van der Waals surface area (Å²) in [7, 11) is 0. The van der Waals surface area contributed by atoms with E-state index in [1.165, 1.54) is 0 Å². The number of aryl methyl sites for hydroxylation is 1. The molecule has 0 amide bonds. The molecule has 0 fully saturated rings. The Morgan fingerprint density at radius 2 is 2.07 bits per heavy atom. The molecule has 1 N–H and O–H groups in total. The maximum absolute atomic E-state index is 9.95. The Bertz CT molecular complexity index is 424. The van der Waals surface area contributed by atoms with Gasteiger partial charge in [-0.05, 0) is 12.5 Å². The number of rotatable bonds is 3. The molecule has 0 aliphatic rings. The summed E-state index contributed by atoms with van der Waals surface area (Å²) in [4.78, 5) is 4.33. The number of aliphatic hydroxyl groups is 1. The molecule has 0 aliphatic heterocycles. The van der Waals surface area contributed by atoms with Crippen LogP contribution in [0.3, 0.4) is 0 Å². The van der Waals surface area contributed by atoms with E-state index in [-0.39, 0.29) is 0 Å². The normalized spacial score (nSPS) is 12.7. The molecule has 15 heavy (non-hydrogen) atoms. The maximum Gasteiger partial charge on any atom is 0.0957 e. The third kappa shape index (κ3) is 2.64. The van der Waals surface area contributed by atoms with Gasteiger partial charge < -0.3 is 5.11 Å². The number of aromatic nitrogens is 1. The van der Waals surface area contributed by atoms with Crippen LogP contribution in [0, 0.1) is 6.92 Å². The number of nitrogens with zero attached hydrogens (tertiary/aromatic N) is 1. The highest BCUT2D eigenvalue weighted by molar-refractivity contribution is 7.09. The van der Waals surface area contributed by atoms with E-state index in [0.29, 0.717) is 6.42 Å². The summed E-state index contributed by atoms with van der Waals surface area (Å²) in [6.45, 7) is 1.97. The first-order chi connectivity index (χ1) is 7.25. The highest BCUT2D eigenvalue weighted by Gasteiger charge is 2.09. The van der Waals surface area contributed by atoms with Crippen LogP contribution in [0.2, 0.25) is 0 Å². The zero-order chi connectivity index (χ0) is 10.7. The summed E-state index contributed by atoms with van der Waals surface area (Å²) >= 11 is 1.60. The minimum atomic E-state index is -0.447. The molecule has 0 saturated heterocycles. The van der Waals surface area contributed by atoms with E-state index in [9.17, 15) is 5.11 Å². The van der Waals surface area contributed by atoms with Crippen LogP contribution in [-0.2, 0) is 6.42 Å². The van der Waals surface area contributed by atoms with E-state index < -0.39 is 6.10 Å². The van der Waals surface area contributed by atoms with Crippen LogP contribution in [0.25, 0.3) is 0 Å². The van der Waals surface area contributed by atoms with Crippen LogP contribution in [0.15, 0.2) is 35.7 Å². The Balaban J connectivity index is 2.07. The standard InChI is InChI=1S/C12H13NOS/c1-9-8-15-12(13-9)7-11(14)10-5-3-2-4-6-10/h2-6,8,11,14H,7H2,1H3. The number of hydrogen-bond donors (Lipinski definition) is 1. The van der Waals surface area contributed by atoms with Crippen molar-refractivity contribution >= 4 is 11.3 Å². The molecule has 1 aromatic carbocycles. The SMILES string of the molecule is Cc1csc(CC(O)c2ccccc2)n1. The summed E-state index contributed by atoms with van der Waals surface area (Å²) in [6, 6.07) is 9.69. The second-order valence-electron chi connectivity index (χ2n) is 3.51. The molecule has 1 heterocycles. The molecule has 1 atom stereocenters. The van der Waals surface area contributed by atoms with Crippen molar-refractivity contribution in [3.63, 3.8) is 0 Å². The van der Waals surface area contributed by atoms with Crippen LogP contribution < -0.4 is 0 Å². The van der Waals surface area contributed by atoms with Gasteiger partial charge in [-0.1, -0.05) is 30.3 Å². The Labute approximate surface area is 93.2 Å². The van der Waals surface area contributed by atoms with Crippen LogP contribution >= 0.6 is 11.3 Å². The van der Waals surface area contributed by atoms with Crippen molar-refractivity contribution in [2.24, 2.45) is 0 Å². The van der Waals surface area contributed by atoms with Crippen LogP contribution in [-0.4, -0.2) is 10.1 Å². The van der Waals surface area contributed by atoms with E-state index in [4.69, 9.17) is 0 Å². The van der Waals surface area contributed by atoms with E-state index >= 15 is 0 Å². The molecular formula is C12H13NOS. The number of hydrogen-bond acceptors (Lipinski definition) is 3. The lowest BCUT2D eigenvalue weighted by molar-refractivity contribution is 0.178. The molecule has 2 aromatic rings. The fraction of sp³-hybridized carbons (Fsp3) is 0.250. The van der Waals surface area contributed by atoms with Gasteiger partial charge in [0.25, 0.3) is 0 Å². The molecule has 0 saturated carbocycles. The van der Waals surface area contributed by atoms with Gasteiger partial charge in [-0.25, -0.2) is 4.98 Å². The molecule has 3 heteroatoms. The van der Waals surface area contributed by atoms with Crippen molar-refractivity contribution in [1.29, 1.82) is 0 Å². The van der Waals surface area contributed by atoms with Crippen LogP contribution in [0.4, 0.5) is 0 Å². The van der Waals surface area contributed by atoms with E-state index in [1.54, 1.807) is 11.3 Å². The first-order valence-electron chi connectivity index (χ1n) is 4.90. The van der Waals surface area contributed by atoms with Gasteiger partial charge in [0, 0.05) is 17.5 Å². The molecule has 0 radical (unpaired) electrons. The Kier molecular flexibility index (Phi) is 3.14. The van der Waals surface area contributed by atoms with Gasteiger partial charge in [0.2, 0.25) is 0 Å². The van der Waals surface area contributed by atoms with Gasteiger partial charge in [-0.15, -0.1) is 11.3 Å². The second-order valence-corrected chi connectivity index (χ2v) is 4.46.